The quantitative estimate of drug-likeness (QED) is 0.715. The minimum atomic E-state index is -0.253. The van der Waals surface area contributed by atoms with Crippen molar-refractivity contribution in [1.82, 2.24) is 14.9 Å². The van der Waals surface area contributed by atoms with Crippen LogP contribution in [0, 0.1) is 0 Å². The van der Waals surface area contributed by atoms with Gasteiger partial charge in [-0.15, -0.1) is 11.3 Å². The van der Waals surface area contributed by atoms with Gasteiger partial charge in [0, 0.05) is 24.4 Å². The molecule has 0 saturated carbocycles. The molecular formula is C19H17N5O3S. The van der Waals surface area contributed by atoms with Gasteiger partial charge in [-0.2, -0.15) is 5.10 Å². The molecule has 0 radical (unpaired) electrons. The normalized spacial score (nSPS) is 13.8. The van der Waals surface area contributed by atoms with Crippen LogP contribution < -0.4 is 15.9 Å². The van der Waals surface area contributed by atoms with Crippen LogP contribution in [-0.2, 0) is 11.3 Å². The molecule has 9 heteroatoms. The molecule has 3 heterocycles. The number of rotatable bonds is 5. The van der Waals surface area contributed by atoms with E-state index in [0.29, 0.717) is 41.0 Å². The van der Waals surface area contributed by atoms with Crippen LogP contribution in [0.3, 0.4) is 0 Å². The smallest absolute Gasteiger partial charge is 0.271 e. The number of carbonyl (C=O) groups excluding carboxylic acids is 2. The molecule has 28 heavy (non-hydrogen) atoms. The van der Waals surface area contributed by atoms with Crippen molar-refractivity contribution in [2.75, 3.05) is 11.6 Å². The average molecular weight is 395 g/mol. The van der Waals surface area contributed by atoms with Gasteiger partial charge in [0.15, 0.2) is 0 Å². The Hall–Kier alpha value is -3.33. The summed E-state index contributed by atoms with van der Waals surface area (Å²) in [6.07, 6.45) is 1.81. The second-order valence-electron chi connectivity index (χ2n) is 6.40. The van der Waals surface area contributed by atoms with Crippen LogP contribution in [0.2, 0.25) is 0 Å². The van der Waals surface area contributed by atoms with Crippen molar-refractivity contribution in [2.24, 2.45) is 5.10 Å². The van der Waals surface area contributed by atoms with Gasteiger partial charge in [-0.3, -0.25) is 19.0 Å². The Morgan fingerprint density at radius 3 is 2.71 bits per heavy atom. The molecule has 0 saturated heterocycles. The van der Waals surface area contributed by atoms with E-state index >= 15 is 0 Å². The van der Waals surface area contributed by atoms with Crippen molar-refractivity contribution >= 4 is 44.8 Å². The molecule has 4 rings (SSSR count). The van der Waals surface area contributed by atoms with Crippen molar-refractivity contribution < 1.29 is 9.59 Å². The van der Waals surface area contributed by atoms with Crippen molar-refractivity contribution in [2.45, 2.75) is 19.9 Å². The molecule has 8 nitrogen and oxygen atoms in total. The summed E-state index contributed by atoms with van der Waals surface area (Å²) in [5.41, 5.74) is 2.43. The molecule has 0 unspecified atom stereocenters. The molecular weight excluding hydrogens is 378 g/mol. The molecule has 1 aromatic carbocycles. The summed E-state index contributed by atoms with van der Waals surface area (Å²) in [4.78, 5) is 40.8. The summed E-state index contributed by atoms with van der Waals surface area (Å²) >= 11 is 1.36. The van der Waals surface area contributed by atoms with Gasteiger partial charge >= 0.3 is 0 Å². The van der Waals surface area contributed by atoms with E-state index in [9.17, 15) is 14.4 Å². The number of anilines is 1. The lowest BCUT2D eigenvalue weighted by molar-refractivity contribution is -0.116. The second kappa shape index (κ2) is 7.35. The number of hydrogen-bond donors (Lipinski definition) is 1. The number of aromatic nitrogens is 2. The molecule has 2 aromatic heterocycles. The Morgan fingerprint density at radius 2 is 2.00 bits per heavy atom. The fourth-order valence-electron chi connectivity index (χ4n) is 2.94. The van der Waals surface area contributed by atoms with E-state index < -0.39 is 0 Å². The molecule has 2 amide bonds. The number of thiophene rings is 1. The van der Waals surface area contributed by atoms with E-state index in [1.54, 1.807) is 37.3 Å². The van der Waals surface area contributed by atoms with Crippen molar-refractivity contribution in [3.05, 3.63) is 58.0 Å². The van der Waals surface area contributed by atoms with E-state index in [2.05, 4.69) is 15.4 Å². The number of fused-ring (bicyclic) bond motifs is 1. The zero-order chi connectivity index (χ0) is 19.7. The van der Waals surface area contributed by atoms with Crippen LogP contribution in [0.1, 0.15) is 23.7 Å². The number of amides is 2. The Morgan fingerprint density at radius 1 is 1.21 bits per heavy atom. The Kier molecular flexibility index (Phi) is 4.74. The molecule has 1 aliphatic heterocycles. The Labute approximate surface area is 164 Å². The number of nitrogens with zero attached hydrogens (tertiary/aromatic N) is 4. The number of nitrogens with one attached hydrogen (secondary N) is 1. The van der Waals surface area contributed by atoms with Crippen LogP contribution in [0.15, 0.2) is 51.9 Å². The van der Waals surface area contributed by atoms with Crippen molar-refractivity contribution in [1.29, 1.82) is 0 Å². The number of benzene rings is 1. The largest absolute Gasteiger partial charge is 0.350 e. The average Bonchev–Trinajstić information content (AvgIpc) is 3.30. The minimum absolute atomic E-state index is 0.0866. The third-order valence-corrected chi connectivity index (χ3v) is 5.25. The summed E-state index contributed by atoms with van der Waals surface area (Å²) in [7, 11) is 0. The van der Waals surface area contributed by atoms with E-state index in [1.165, 1.54) is 27.2 Å². The number of hydrogen-bond acceptors (Lipinski definition) is 6. The number of carbonyl (C=O) groups is 2. The van der Waals surface area contributed by atoms with Crippen LogP contribution >= 0.6 is 11.3 Å². The van der Waals surface area contributed by atoms with Crippen molar-refractivity contribution in [3.63, 3.8) is 0 Å². The van der Waals surface area contributed by atoms with Gasteiger partial charge in [0.05, 0.1) is 24.0 Å². The molecule has 3 aromatic rings. The topological polar surface area (TPSA) is 96.7 Å². The molecule has 0 spiro atoms. The van der Waals surface area contributed by atoms with E-state index in [0.717, 1.165) is 5.71 Å². The first-order chi connectivity index (χ1) is 13.5. The van der Waals surface area contributed by atoms with Crippen molar-refractivity contribution in [3.8, 4) is 0 Å². The summed E-state index contributed by atoms with van der Waals surface area (Å²) in [5, 5.41) is 10.2. The van der Waals surface area contributed by atoms with Gasteiger partial charge in [-0.1, -0.05) is 0 Å². The Bertz CT molecular complexity index is 1150. The van der Waals surface area contributed by atoms with Crippen LogP contribution in [0.25, 0.3) is 10.2 Å². The lowest BCUT2D eigenvalue weighted by Gasteiger charge is -2.12. The first-order valence-corrected chi connectivity index (χ1v) is 9.59. The third kappa shape index (κ3) is 3.44. The van der Waals surface area contributed by atoms with E-state index in [1.807, 2.05) is 5.38 Å². The fraction of sp³-hybridized carbons (Fsp3) is 0.211. The van der Waals surface area contributed by atoms with Crippen LogP contribution in [0.4, 0.5) is 5.69 Å². The molecule has 142 valence electrons. The maximum Gasteiger partial charge on any atom is 0.271 e. The highest BCUT2D eigenvalue weighted by atomic mass is 32.1. The summed E-state index contributed by atoms with van der Waals surface area (Å²) in [6, 6.07) is 8.47. The highest BCUT2D eigenvalue weighted by molar-refractivity contribution is 7.17. The predicted octanol–water partition coefficient (Wildman–Crippen LogP) is 2.00. The first kappa shape index (κ1) is 18.1. The molecule has 0 atom stereocenters. The third-order valence-electron chi connectivity index (χ3n) is 4.36. The first-order valence-electron chi connectivity index (χ1n) is 8.71. The standard InChI is InChI=1S/C19H17N5O3S/c1-12-10-16(25)24(22-12)14-4-2-13(3-5-14)18(26)20-7-8-23-11-21-15-6-9-28-17(15)19(23)27/h2-6,9,11H,7-8,10H2,1H3,(H,20,26). The van der Waals surface area contributed by atoms with Crippen LogP contribution in [-0.4, -0.2) is 33.6 Å². The maximum atomic E-state index is 12.3. The van der Waals surface area contributed by atoms with Gasteiger partial charge in [0.1, 0.15) is 4.70 Å². The lowest BCUT2D eigenvalue weighted by Crippen LogP contribution is -2.30. The summed E-state index contributed by atoms with van der Waals surface area (Å²) in [6.45, 7) is 2.43. The molecule has 1 aliphatic rings. The Balaban J connectivity index is 1.38. The van der Waals surface area contributed by atoms with Gasteiger partial charge in [-0.05, 0) is 42.6 Å². The molecule has 0 aliphatic carbocycles. The molecule has 0 fully saturated rings. The van der Waals surface area contributed by atoms with E-state index in [-0.39, 0.29) is 17.4 Å². The highest BCUT2D eigenvalue weighted by Crippen LogP contribution is 2.21. The van der Waals surface area contributed by atoms with Gasteiger partial charge in [0.2, 0.25) is 0 Å². The second-order valence-corrected chi connectivity index (χ2v) is 7.31. The fourth-order valence-corrected chi connectivity index (χ4v) is 3.73. The zero-order valence-electron chi connectivity index (χ0n) is 15.1. The van der Waals surface area contributed by atoms with Gasteiger partial charge < -0.3 is 5.32 Å². The minimum Gasteiger partial charge on any atom is -0.350 e. The number of hydrazone groups is 1. The van der Waals surface area contributed by atoms with Gasteiger partial charge in [0.25, 0.3) is 17.4 Å². The van der Waals surface area contributed by atoms with Gasteiger partial charge in [-0.25, -0.2) is 9.99 Å². The lowest BCUT2D eigenvalue weighted by atomic mass is 10.2. The summed E-state index contributed by atoms with van der Waals surface area (Å²) in [5.74, 6) is -0.339. The maximum absolute atomic E-state index is 12.3. The molecule has 0 bridgehead atoms. The molecule has 1 N–H and O–H groups in total. The SMILES string of the molecule is CC1=NN(c2ccc(C(=O)NCCn3cnc4ccsc4c3=O)cc2)C(=O)C1. The monoisotopic (exact) mass is 395 g/mol. The van der Waals surface area contributed by atoms with Crippen LogP contribution in [0.5, 0.6) is 0 Å². The highest BCUT2D eigenvalue weighted by Gasteiger charge is 2.22. The summed E-state index contributed by atoms with van der Waals surface area (Å²) < 4.78 is 2.10. The predicted molar refractivity (Wildman–Crippen MR) is 108 cm³/mol. The zero-order valence-corrected chi connectivity index (χ0v) is 15.9. The van der Waals surface area contributed by atoms with E-state index in [4.69, 9.17) is 0 Å².